The van der Waals surface area contributed by atoms with Gasteiger partial charge < -0.3 is 5.32 Å². The van der Waals surface area contributed by atoms with Gasteiger partial charge >= 0.3 is 0 Å². The molecule has 0 aliphatic heterocycles. The molecular formula is C15H6ClF6NO. The van der Waals surface area contributed by atoms with Gasteiger partial charge in [-0.05, 0) is 18.2 Å². The Morgan fingerprint density at radius 2 is 1.46 bits per heavy atom. The second-order valence-electron chi connectivity index (χ2n) is 4.40. The third-order valence-electron chi connectivity index (χ3n) is 2.86. The van der Waals surface area contributed by atoms with Gasteiger partial charge in [0.05, 0.1) is 5.02 Å². The number of hydrogen-bond acceptors (Lipinski definition) is 1. The van der Waals surface area contributed by atoms with Gasteiger partial charge in [0.1, 0.15) is 11.5 Å². The first-order valence-electron chi connectivity index (χ1n) is 6.18. The maximum Gasteiger partial charge on any atom is 0.248 e. The van der Waals surface area contributed by atoms with Crippen LogP contribution in [-0.2, 0) is 4.79 Å². The Morgan fingerprint density at radius 3 is 2.00 bits per heavy atom. The monoisotopic (exact) mass is 365 g/mol. The van der Waals surface area contributed by atoms with Gasteiger partial charge in [-0.15, -0.1) is 0 Å². The van der Waals surface area contributed by atoms with Crippen molar-refractivity contribution in [2.75, 3.05) is 5.32 Å². The highest BCUT2D eigenvalue weighted by Crippen LogP contribution is 2.27. The van der Waals surface area contributed by atoms with Crippen molar-refractivity contribution in [3.63, 3.8) is 0 Å². The first-order valence-corrected chi connectivity index (χ1v) is 6.56. The van der Waals surface area contributed by atoms with Crippen molar-refractivity contribution in [2.45, 2.75) is 0 Å². The van der Waals surface area contributed by atoms with Crippen LogP contribution in [0.5, 0.6) is 0 Å². The van der Waals surface area contributed by atoms with Gasteiger partial charge in [0.15, 0.2) is 23.3 Å². The van der Waals surface area contributed by atoms with E-state index in [9.17, 15) is 31.1 Å². The molecule has 0 aliphatic rings. The largest absolute Gasteiger partial charge is 0.317 e. The highest BCUT2D eigenvalue weighted by Gasteiger charge is 2.26. The van der Waals surface area contributed by atoms with E-state index in [2.05, 4.69) is 0 Å². The summed E-state index contributed by atoms with van der Waals surface area (Å²) in [5, 5.41) is 1.46. The van der Waals surface area contributed by atoms with Crippen LogP contribution in [0.4, 0.5) is 32.0 Å². The minimum atomic E-state index is -2.35. The second kappa shape index (κ2) is 6.96. The topological polar surface area (TPSA) is 29.1 Å². The molecule has 126 valence electrons. The smallest absolute Gasteiger partial charge is 0.248 e. The number of rotatable bonds is 3. The highest BCUT2D eigenvalue weighted by molar-refractivity contribution is 6.32. The van der Waals surface area contributed by atoms with Crippen LogP contribution >= 0.6 is 11.6 Å². The molecule has 0 aliphatic carbocycles. The van der Waals surface area contributed by atoms with E-state index in [0.29, 0.717) is 6.08 Å². The molecule has 0 bridgehead atoms. The Morgan fingerprint density at radius 1 is 0.917 bits per heavy atom. The van der Waals surface area contributed by atoms with Crippen LogP contribution in [0.25, 0.3) is 6.08 Å². The van der Waals surface area contributed by atoms with Gasteiger partial charge in [0.2, 0.25) is 11.7 Å². The summed E-state index contributed by atoms with van der Waals surface area (Å²) < 4.78 is 79.2. The first kappa shape index (κ1) is 17.9. The van der Waals surface area contributed by atoms with E-state index < -0.39 is 46.5 Å². The zero-order chi connectivity index (χ0) is 18.0. The van der Waals surface area contributed by atoms with Crippen LogP contribution in [0, 0.1) is 34.9 Å². The molecule has 0 aromatic heterocycles. The lowest BCUT2D eigenvalue weighted by atomic mass is 10.2. The molecule has 0 heterocycles. The Hall–Kier alpha value is -2.48. The van der Waals surface area contributed by atoms with E-state index in [1.54, 1.807) is 0 Å². The molecule has 2 nitrogen and oxygen atoms in total. The zero-order valence-electron chi connectivity index (χ0n) is 11.4. The lowest BCUT2D eigenvalue weighted by Gasteiger charge is -2.08. The van der Waals surface area contributed by atoms with E-state index in [0.717, 1.165) is 12.1 Å². The Labute approximate surface area is 136 Å². The van der Waals surface area contributed by atoms with Gasteiger partial charge in [0.25, 0.3) is 0 Å². The number of hydrogen-bond donors (Lipinski definition) is 1. The Balaban J connectivity index is 2.30. The predicted octanol–water partition coefficient (Wildman–Crippen LogP) is 4.83. The van der Waals surface area contributed by atoms with Crippen LogP contribution < -0.4 is 5.32 Å². The van der Waals surface area contributed by atoms with Crippen LogP contribution in [0.1, 0.15) is 5.56 Å². The van der Waals surface area contributed by atoms with Crippen molar-refractivity contribution in [3.05, 3.63) is 69.8 Å². The fourth-order valence-electron chi connectivity index (χ4n) is 1.71. The summed E-state index contributed by atoms with van der Waals surface area (Å²) in [6, 6.07) is 3.68. The molecule has 9 heteroatoms. The molecule has 0 saturated heterocycles. The van der Waals surface area contributed by atoms with Crippen molar-refractivity contribution in [1.29, 1.82) is 0 Å². The van der Waals surface area contributed by atoms with Gasteiger partial charge in [0, 0.05) is 11.6 Å². The predicted molar refractivity (Wildman–Crippen MR) is 75.3 cm³/mol. The van der Waals surface area contributed by atoms with E-state index >= 15 is 0 Å². The third kappa shape index (κ3) is 3.38. The Kier molecular flexibility index (Phi) is 5.18. The standard InChI is InChI=1S/C15H6ClF6NO/c16-7-2-1-3-8(17)6(7)4-5-9(24)23-15-13(21)11(19)10(18)12(20)14(15)22/h1-5H,(H,23,24)/b5-4+. The fraction of sp³-hybridized carbons (Fsp3) is 0. The maximum absolute atomic E-state index is 13.5. The average molecular weight is 366 g/mol. The van der Waals surface area contributed by atoms with Crippen LogP contribution in [0.15, 0.2) is 24.3 Å². The molecule has 24 heavy (non-hydrogen) atoms. The second-order valence-corrected chi connectivity index (χ2v) is 4.81. The van der Waals surface area contributed by atoms with Crippen molar-refractivity contribution < 1.29 is 31.1 Å². The molecule has 2 rings (SSSR count). The maximum atomic E-state index is 13.5. The summed E-state index contributed by atoms with van der Waals surface area (Å²) >= 11 is 5.70. The number of carbonyl (C=O) groups excluding carboxylic acids is 1. The number of anilines is 1. The van der Waals surface area contributed by atoms with Crippen molar-refractivity contribution in [1.82, 2.24) is 0 Å². The van der Waals surface area contributed by atoms with Gasteiger partial charge in [-0.3, -0.25) is 4.79 Å². The molecule has 0 radical (unpaired) electrons. The summed E-state index contributed by atoms with van der Waals surface area (Å²) in [6.45, 7) is 0. The van der Waals surface area contributed by atoms with Crippen LogP contribution in [0.2, 0.25) is 5.02 Å². The van der Waals surface area contributed by atoms with Gasteiger partial charge in [-0.2, -0.15) is 0 Å². The van der Waals surface area contributed by atoms with Crippen molar-refractivity contribution in [3.8, 4) is 0 Å². The average Bonchev–Trinajstić information content (AvgIpc) is 2.54. The SMILES string of the molecule is O=C(/C=C/c1c(F)cccc1Cl)Nc1c(F)c(F)c(F)c(F)c1F. The summed E-state index contributed by atoms with van der Waals surface area (Å²) in [7, 11) is 0. The quantitative estimate of drug-likeness (QED) is 0.359. The zero-order valence-corrected chi connectivity index (χ0v) is 12.2. The number of carbonyl (C=O) groups is 1. The number of nitrogens with one attached hydrogen (secondary N) is 1. The highest BCUT2D eigenvalue weighted by atomic mass is 35.5. The molecule has 0 unspecified atom stereocenters. The van der Waals surface area contributed by atoms with Gasteiger partial charge in [-0.1, -0.05) is 17.7 Å². The van der Waals surface area contributed by atoms with E-state index in [1.807, 2.05) is 0 Å². The summed E-state index contributed by atoms with van der Waals surface area (Å²) in [5.74, 6) is -13.2. The summed E-state index contributed by atoms with van der Waals surface area (Å²) in [5.41, 5.74) is -1.70. The molecule has 0 fully saturated rings. The summed E-state index contributed by atoms with van der Waals surface area (Å²) in [6.07, 6.45) is 1.52. The van der Waals surface area contributed by atoms with E-state index in [1.165, 1.54) is 17.4 Å². The normalized spacial score (nSPS) is 11.1. The lowest BCUT2D eigenvalue weighted by molar-refractivity contribution is -0.111. The molecule has 1 N–H and O–H groups in total. The van der Waals surface area contributed by atoms with E-state index in [4.69, 9.17) is 11.6 Å². The minimum absolute atomic E-state index is 0.0460. The number of benzene rings is 2. The fourth-order valence-corrected chi connectivity index (χ4v) is 1.93. The molecule has 1 amide bonds. The van der Waals surface area contributed by atoms with Gasteiger partial charge in [-0.25, -0.2) is 26.3 Å². The number of amides is 1. The number of halogens is 7. The van der Waals surface area contributed by atoms with E-state index in [-0.39, 0.29) is 10.6 Å². The summed E-state index contributed by atoms with van der Waals surface area (Å²) in [4.78, 5) is 11.6. The third-order valence-corrected chi connectivity index (χ3v) is 3.19. The molecular weight excluding hydrogens is 360 g/mol. The van der Waals surface area contributed by atoms with Crippen molar-refractivity contribution in [2.24, 2.45) is 0 Å². The first-order chi connectivity index (χ1) is 11.2. The Bertz CT molecular complexity index is 803. The van der Waals surface area contributed by atoms with Crippen LogP contribution in [0.3, 0.4) is 0 Å². The van der Waals surface area contributed by atoms with Crippen LogP contribution in [-0.4, -0.2) is 5.91 Å². The molecule has 2 aromatic rings. The lowest BCUT2D eigenvalue weighted by Crippen LogP contribution is -2.14. The molecule has 2 aromatic carbocycles. The minimum Gasteiger partial charge on any atom is -0.317 e. The molecule has 0 atom stereocenters. The molecule has 0 saturated carbocycles. The molecule has 0 spiro atoms. The van der Waals surface area contributed by atoms with Crippen molar-refractivity contribution >= 4 is 29.3 Å².